The molecule has 0 saturated carbocycles. The quantitative estimate of drug-likeness (QED) is 0.750. The Labute approximate surface area is 162 Å². The Balaban J connectivity index is 1.46. The SMILES string of the molecule is CC1(C)CCN(c2ccc(=O)n(CC(=O)Nc3ccc4ncnn4c3)c2)CC1. The fourth-order valence-corrected chi connectivity index (χ4v) is 3.45. The molecule has 1 aliphatic rings. The van der Waals surface area contributed by atoms with Crippen molar-refractivity contribution >= 4 is 22.9 Å². The summed E-state index contributed by atoms with van der Waals surface area (Å²) in [5.41, 5.74) is 2.45. The fourth-order valence-electron chi connectivity index (χ4n) is 3.45. The molecule has 1 saturated heterocycles. The molecule has 0 atom stereocenters. The van der Waals surface area contributed by atoms with Gasteiger partial charge in [-0.05, 0) is 36.5 Å². The monoisotopic (exact) mass is 380 g/mol. The van der Waals surface area contributed by atoms with Crippen molar-refractivity contribution in [1.82, 2.24) is 19.2 Å². The summed E-state index contributed by atoms with van der Waals surface area (Å²) in [4.78, 5) is 31.0. The maximum absolute atomic E-state index is 12.5. The number of pyridine rings is 2. The smallest absolute Gasteiger partial charge is 0.251 e. The Morgan fingerprint density at radius 1 is 1.14 bits per heavy atom. The van der Waals surface area contributed by atoms with Crippen LogP contribution in [0.25, 0.3) is 5.65 Å². The number of rotatable bonds is 4. The highest BCUT2D eigenvalue weighted by atomic mass is 16.2. The molecule has 28 heavy (non-hydrogen) atoms. The number of amides is 1. The molecular formula is C20H24N6O2. The molecule has 1 amide bonds. The zero-order valence-electron chi connectivity index (χ0n) is 16.1. The molecule has 1 aliphatic heterocycles. The van der Waals surface area contributed by atoms with Gasteiger partial charge in [0.05, 0.1) is 17.6 Å². The molecule has 1 fully saturated rings. The minimum absolute atomic E-state index is 0.0403. The zero-order chi connectivity index (χ0) is 19.7. The van der Waals surface area contributed by atoms with Gasteiger partial charge in [-0.25, -0.2) is 9.50 Å². The second-order valence-electron chi connectivity index (χ2n) is 8.03. The molecule has 146 valence electrons. The summed E-state index contributed by atoms with van der Waals surface area (Å²) in [7, 11) is 0. The highest BCUT2D eigenvalue weighted by Gasteiger charge is 2.25. The van der Waals surface area contributed by atoms with Crippen molar-refractivity contribution in [3.05, 3.63) is 53.3 Å². The number of carbonyl (C=O) groups excluding carboxylic acids is 1. The van der Waals surface area contributed by atoms with E-state index < -0.39 is 0 Å². The lowest BCUT2D eigenvalue weighted by Gasteiger charge is -2.38. The van der Waals surface area contributed by atoms with Gasteiger partial charge in [0.25, 0.3) is 5.56 Å². The number of anilines is 2. The van der Waals surface area contributed by atoms with Crippen molar-refractivity contribution in [2.45, 2.75) is 33.2 Å². The summed E-state index contributed by atoms with van der Waals surface area (Å²) >= 11 is 0. The van der Waals surface area contributed by atoms with E-state index in [1.54, 1.807) is 29.0 Å². The molecule has 3 aromatic heterocycles. The Hall–Kier alpha value is -3.16. The first-order chi connectivity index (χ1) is 13.4. The van der Waals surface area contributed by atoms with Crippen LogP contribution in [0.3, 0.4) is 0 Å². The molecule has 0 aliphatic carbocycles. The van der Waals surface area contributed by atoms with Gasteiger partial charge in [-0.1, -0.05) is 13.8 Å². The Morgan fingerprint density at radius 3 is 2.71 bits per heavy atom. The Bertz CT molecular complexity index is 1060. The summed E-state index contributed by atoms with van der Waals surface area (Å²) in [6.07, 6.45) is 7.14. The molecule has 1 N–H and O–H groups in total. The number of carbonyl (C=O) groups is 1. The summed E-state index contributed by atoms with van der Waals surface area (Å²) < 4.78 is 3.04. The van der Waals surface area contributed by atoms with E-state index in [1.165, 1.54) is 17.0 Å². The first kappa shape index (κ1) is 18.2. The number of nitrogens with one attached hydrogen (secondary N) is 1. The molecule has 4 rings (SSSR count). The van der Waals surface area contributed by atoms with Crippen LogP contribution in [0.15, 0.2) is 47.8 Å². The zero-order valence-corrected chi connectivity index (χ0v) is 16.1. The van der Waals surface area contributed by atoms with Crippen LogP contribution in [0.1, 0.15) is 26.7 Å². The van der Waals surface area contributed by atoms with Crippen molar-refractivity contribution in [2.24, 2.45) is 5.41 Å². The average molecular weight is 380 g/mol. The van der Waals surface area contributed by atoms with E-state index in [4.69, 9.17) is 0 Å². The topological polar surface area (TPSA) is 84.5 Å². The highest BCUT2D eigenvalue weighted by molar-refractivity contribution is 5.90. The van der Waals surface area contributed by atoms with Crippen LogP contribution >= 0.6 is 0 Å². The third-order valence-electron chi connectivity index (χ3n) is 5.32. The molecule has 0 aromatic carbocycles. The van der Waals surface area contributed by atoms with Gasteiger partial charge in [0.15, 0.2) is 5.65 Å². The van der Waals surface area contributed by atoms with Gasteiger partial charge >= 0.3 is 0 Å². The van der Waals surface area contributed by atoms with Crippen LogP contribution in [0.5, 0.6) is 0 Å². The minimum atomic E-state index is -0.265. The molecule has 8 heteroatoms. The number of aromatic nitrogens is 4. The van der Waals surface area contributed by atoms with Crippen LogP contribution in [-0.4, -0.2) is 38.2 Å². The summed E-state index contributed by atoms with van der Waals surface area (Å²) in [6.45, 7) is 6.44. The van der Waals surface area contributed by atoms with Gasteiger partial charge in [-0.3, -0.25) is 9.59 Å². The molecule has 0 radical (unpaired) electrons. The number of fused-ring (bicyclic) bond motifs is 1. The minimum Gasteiger partial charge on any atom is -0.370 e. The van der Waals surface area contributed by atoms with Crippen molar-refractivity contribution < 1.29 is 4.79 Å². The lowest BCUT2D eigenvalue weighted by Crippen LogP contribution is -2.38. The first-order valence-electron chi connectivity index (χ1n) is 9.44. The van der Waals surface area contributed by atoms with E-state index in [1.807, 2.05) is 6.07 Å². The van der Waals surface area contributed by atoms with Gasteiger partial charge in [0, 0.05) is 25.4 Å². The average Bonchev–Trinajstić information content (AvgIpc) is 3.11. The largest absolute Gasteiger partial charge is 0.370 e. The van der Waals surface area contributed by atoms with Crippen LogP contribution in [0.2, 0.25) is 0 Å². The summed E-state index contributed by atoms with van der Waals surface area (Å²) in [5.74, 6) is -0.265. The highest BCUT2D eigenvalue weighted by Crippen LogP contribution is 2.31. The summed E-state index contributed by atoms with van der Waals surface area (Å²) in [5, 5.41) is 6.86. The van der Waals surface area contributed by atoms with E-state index in [0.717, 1.165) is 31.6 Å². The van der Waals surface area contributed by atoms with Crippen molar-refractivity contribution in [2.75, 3.05) is 23.3 Å². The second kappa shape index (κ2) is 7.10. The second-order valence-corrected chi connectivity index (χ2v) is 8.03. The van der Waals surface area contributed by atoms with E-state index in [0.29, 0.717) is 16.7 Å². The number of piperidine rings is 1. The maximum atomic E-state index is 12.5. The summed E-state index contributed by atoms with van der Waals surface area (Å²) in [6, 6.07) is 6.90. The molecule has 0 unspecified atom stereocenters. The van der Waals surface area contributed by atoms with Crippen molar-refractivity contribution in [3.8, 4) is 0 Å². The van der Waals surface area contributed by atoms with Gasteiger partial charge in [-0.15, -0.1) is 0 Å². The van der Waals surface area contributed by atoms with Crippen LogP contribution in [-0.2, 0) is 11.3 Å². The Morgan fingerprint density at radius 2 is 1.93 bits per heavy atom. The normalized spacial score (nSPS) is 16.3. The van der Waals surface area contributed by atoms with E-state index >= 15 is 0 Å². The fraction of sp³-hybridized carbons (Fsp3) is 0.400. The molecule has 0 spiro atoms. The Kier molecular flexibility index (Phi) is 4.62. The third-order valence-corrected chi connectivity index (χ3v) is 5.32. The lowest BCUT2D eigenvalue weighted by atomic mass is 9.82. The predicted molar refractivity (Wildman–Crippen MR) is 108 cm³/mol. The standard InChI is InChI=1S/C20H24N6O2/c1-20(2)7-9-24(10-8-20)16-4-6-19(28)25(12-16)13-18(27)23-15-3-5-17-21-14-22-26(17)11-15/h3-6,11-12,14H,7-10,13H2,1-2H3,(H,23,27). The molecule has 0 bridgehead atoms. The van der Waals surface area contributed by atoms with E-state index in [9.17, 15) is 9.59 Å². The first-order valence-corrected chi connectivity index (χ1v) is 9.44. The molecule has 8 nitrogen and oxygen atoms in total. The molecule has 4 heterocycles. The van der Waals surface area contributed by atoms with Gasteiger partial charge in [0.2, 0.25) is 5.91 Å². The predicted octanol–water partition coefficient (Wildman–Crippen LogP) is 2.16. The van der Waals surface area contributed by atoms with Crippen LogP contribution in [0.4, 0.5) is 11.4 Å². The van der Waals surface area contributed by atoms with Gasteiger partial charge in [-0.2, -0.15) is 5.10 Å². The van der Waals surface area contributed by atoms with Crippen LogP contribution in [0, 0.1) is 5.41 Å². The maximum Gasteiger partial charge on any atom is 0.251 e. The van der Waals surface area contributed by atoms with E-state index in [2.05, 4.69) is 34.1 Å². The van der Waals surface area contributed by atoms with Crippen molar-refractivity contribution in [1.29, 1.82) is 0 Å². The van der Waals surface area contributed by atoms with Gasteiger partial charge in [0.1, 0.15) is 12.9 Å². The van der Waals surface area contributed by atoms with Crippen LogP contribution < -0.4 is 15.8 Å². The van der Waals surface area contributed by atoms with Gasteiger partial charge < -0.3 is 14.8 Å². The van der Waals surface area contributed by atoms with Crippen molar-refractivity contribution in [3.63, 3.8) is 0 Å². The van der Waals surface area contributed by atoms with E-state index in [-0.39, 0.29) is 18.0 Å². The lowest BCUT2D eigenvalue weighted by molar-refractivity contribution is -0.116. The molecule has 3 aromatic rings. The third kappa shape index (κ3) is 3.90. The number of hydrogen-bond acceptors (Lipinski definition) is 5. The number of nitrogens with zero attached hydrogens (tertiary/aromatic N) is 5. The number of hydrogen-bond donors (Lipinski definition) is 1. The molecular weight excluding hydrogens is 356 g/mol.